The number of rotatable bonds is 2. The summed E-state index contributed by atoms with van der Waals surface area (Å²) in [4.78, 5) is 7.98. The minimum absolute atomic E-state index is 0.297. The van der Waals surface area contributed by atoms with Crippen LogP contribution in [-0.4, -0.2) is 38.6 Å². The van der Waals surface area contributed by atoms with Crippen molar-refractivity contribution < 1.29 is 0 Å². The van der Waals surface area contributed by atoms with Gasteiger partial charge in [0.2, 0.25) is 4.96 Å². The highest BCUT2D eigenvalue weighted by atomic mass is 32.1. The molecule has 3 heterocycles. The maximum absolute atomic E-state index is 6.07. The molecule has 3 rings (SSSR count). The van der Waals surface area contributed by atoms with Gasteiger partial charge in [-0.15, -0.1) is 0 Å². The van der Waals surface area contributed by atoms with Gasteiger partial charge in [0.1, 0.15) is 5.01 Å². The Bertz CT molecular complexity index is 562. The van der Waals surface area contributed by atoms with Gasteiger partial charge in [0.25, 0.3) is 0 Å². The number of hydrogen-bond donors (Lipinski definition) is 1. The molecule has 0 spiro atoms. The van der Waals surface area contributed by atoms with Gasteiger partial charge in [0, 0.05) is 25.7 Å². The lowest BCUT2D eigenvalue weighted by molar-refractivity contribution is 0.312. The molecule has 1 fully saturated rings. The van der Waals surface area contributed by atoms with Crippen LogP contribution in [0.3, 0.4) is 0 Å². The van der Waals surface area contributed by atoms with Crippen LogP contribution in [0.4, 0.5) is 0 Å². The van der Waals surface area contributed by atoms with Gasteiger partial charge < -0.3 is 5.73 Å². The quantitative estimate of drug-likeness (QED) is 0.886. The van der Waals surface area contributed by atoms with Crippen molar-refractivity contribution in [2.24, 2.45) is 11.7 Å². The van der Waals surface area contributed by atoms with E-state index >= 15 is 0 Å². The summed E-state index contributed by atoms with van der Waals surface area (Å²) in [5, 5.41) is 5.59. The molecule has 1 saturated heterocycles. The van der Waals surface area contributed by atoms with E-state index < -0.39 is 0 Å². The molecule has 2 atom stereocenters. The highest BCUT2D eigenvalue weighted by Gasteiger charge is 2.27. The topological polar surface area (TPSA) is 59.5 Å². The van der Waals surface area contributed by atoms with Crippen LogP contribution in [0.2, 0.25) is 0 Å². The van der Waals surface area contributed by atoms with Crippen molar-refractivity contribution in [3.05, 3.63) is 16.4 Å². The van der Waals surface area contributed by atoms with Crippen molar-refractivity contribution in [1.82, 2.24) is 19.5 Å². The molecule has 2 aromatic rings. The first-order valence-corrected chi connectivity index (χ1v) is 7.16. The third-order valence-electron chi connectivity index (χ3n) is 3.72. The maximum atomic E-state index is 6.07. The van der Waals surface area contributed by atoms with E-state index in [0.29, 0.717) is 12.0 Å². The largest absolute Gasteiger partial charge is 0.326 e. The zero-order chi connectivity index (χ0) is 12.9. The Balaban J connectivity index is 1.88. The van der Waals surface area contributed by atoms with Crippen LogP contribution in [0.25, 0.3) is 4.96 Å². The van der Waals surface area contributed by atoms with E-state index in [2.05, 4.69) is 28.8 Å². The standard InChI is InChI=1S/C12H19N5S/c1-7-4-16(5-10(7)13)6-11-8(2)14-12-17(11)15-9(3)18-12/h7,10H,4-6,13H2,1-3H3. The van der Waals surface area contributed by atoms with Crippen molar-refractivity contribution >= 4 is 16.3 Å². The van der Waals surface area contributed by atoms with Crippen molar-refractivity contribution in [3.8, 4) is 0 Å². The SMILES string of the molecule is Cc1nn2c(CN3CC(C)C(N)C3)c(C)nc2s1. The summed E-state index contributed by atoms with van der Waals surface area (Å²) in [6, 6.07) is 0.297. The van der Waals surface area contributed by atoms with Crippen LogP contribution in [0.15, 0.2) is 0 Å². The lowest BCUT2D eigenvalue weighted by atomic mass is 10.1. The molecule has 2 unspecified atom stereocenters. The molecule has 18 heavy (non-hydrogen) atoms. The number of hydrogen-bond acceptors (Lipinski definition) is 5. The van der Waals surface area contributed by atoms with Crippen LogP contribution in [-0.2, 0) is 6.54 Å². The monoisotopic (exact) mass is 265 g/mol. The zero-order valence-corrected chi connectivity index (χ0v) is 11.9. The first-order chi connectivity index (χ1) is 8.54. The fraction of sp³-hybridized carbons (Fsp3) is 0.667. The smallest absolute Gasteiger partial charge is 0.212 e. The van der Waals surface area contributed by atoms with Crippen molar-refractivity contribution in [3.63, 3.8) is 0 Å². The molecule has 0 amide bonds. The van der Waals surface area contributed by atoms with Crippen LogP contribution < -0.4 is 5.73 Å². The predicted octanol–water partition coefficient (Wildman–Crippen LogP) is 1.19. The number of aryl methyl sites for hydroxylation is 2. The van der Waals surface area contributed by atoms with Crippen molar-refractivity contribution in [1.29, 1.82) is 0 Å². The molecule has 0 aromatic carbocycles. The van der Waals surface area contributed by atoms with Gasteiger partial charge in [-0.25, -0.2) is 9.50 Å². The van der Waals surface area contributed by atoms with Gasteiger partial charge in [0.15, 0.2) is 0 Å². The Labute approximate surface area is 111 Å². The van der Waals surface area contributed by atoms with Crippen molar-refractivity contribution in [2.45, 2.75) is 33.4 Å². The van der Waals surface area contributed by atoms with Gasteiger partial charge in [-0.2, -0.15) is 5.10 Å². The molecule has 6 heteroatoms. The minimum Gasteiger partial charge on any atom is -0.326 e. The summed E-state index contributed by atoms with van der Waals surface area (Å²) in [7, 11) is 0. The van der Waals surface area contributed by atoms with Gasteiger partial charge in [-0.3, -0.25) is 4.90 Å². The molecular formula is C12H19N5S. The summed E-state index contributed by atoms with van der Waals surface area (Å²) in [6.07, 6.45) is 0. The molecule has 1 aliphatic heterocycles. The number of nitrogens with zero attached hydrogens (tertiary/aromatic N) is 4. The average molecular weight is 265 g/mol. The highest BCUT2D eigenvalue weighted by molar-refractivity contribution is 7.16. The van der Waals surface area contributed by atoms with Gasteiger partial charge >= 0.3 is 0 Å². The fourth-order valence-corrected chi connectivity index (χ4v) is 3.41. The lowest BCUT2D eigenvalue weighted by Crippen LogP contribution is -2.28. The van der Waals surface area contributed by atoms with Gasteiger partial charge in [-0.05, 0) is 19.8 Å². The first-order valence-electron chi connectivity index (χ1n) is 6.34. The Morgan fingerprint density at radius 1 is 1.39 bits per heavy atom. The van der Waals surface area contributed by atoms with E-state index in [1.54, 1.807) is 11.3 Å². The third-order valence-corrected chi connectivity index (χ3v) is 4.54. The highest BCUT2D eigenvalue weighted by Crippen LogP contribution is 2.22. The molecule has 0 radical (unpaired) electrons. The van der Waals surface area contributed by atoms with Crippen LogP contribution in [0.1, 0.15) is 23.3 Å². The average Bonchev–Trinajstić information content (AvgIpc) is 2.87. The van der Waals surface area contributed by atoms with E-state index in [-0.39, 0.29) is 0 Å². The summed E-state index contributed by atoms with van der Waals surface area (Å²) in [6.45, 7) is 9.23. The maximum Gasteiger partial charge on any atom is 0.212 e. The third kappa shape index (κ3) is 1.94. The molecule has 1 aliphatic rings. The fourth-order valence-electron chi connectivity index (χ4n) is 2.60. The molecule has 0 bridgehead atoms. The van der Waals surface area contributed by atoms with Crippen LogP contribution in [0.5, 0.6) is 0 Å². The normalized spacial score (nSPS) is 25.3. The molecule has 98 valence electrons. The Hall–Kier alpha value is -0.980. The molecule has 2 N–H and O–H groups in total. The number of aromatic nitrogens is 3. The summed E-state index contributed by atoms with van der Waals surface area (Å²) in [5.74, 6) is 0.575. The Morgan fingerprint density at radius 3 is 2.83 bits per heavy atom. The molecule has 0 saturated carbocycles. The second kappa shape index (κ2) is 4.29. The molecule has 5 nitrogen and oxygen atoms in total. The van der Waals surface area contributed by atoms with Crippen LogP contribution in [0, 0.1) is 19.8 Å². The van der Waals surface area contributed by atoms with E-state index in [9.17, 15) is 0 Å². The first kappa shape index (κ1) is 12.1. The predicted molar refractivity (Wildman–Crippen MR) is 72.8 cm³/mol. The van der Waals surface area contributed by atoms with E-state index in [1.165, 1.54) is 5.69 Å². The van der Waals surface area contributed by atoms with Crippen LogP contribution >= 0.6 is 11.3 Å². The number of fused-ring (bicyclic) bond motifs is 1. The van der Waals surface area contributed by atoms with E-state index in [0.717, 1.165) is 35.3 Å². The minimum atomic E-state index is 0.297. The van der Waals surface area contributed by atoms with Crippen molar-refractivity contribution in [2.75, 3.05) is 13.1 Å². The van der Waals surface area contributed by atoms with Gasteiger partial charge in [-0.1, -0.05) is 18.3 Å². The number of imidazole rings is 1. The van der Waals surface area contributed by atoms with E-state index in [1.807, 2.05) is 11.4 Å². The number of nitrogens with two attached hydrogens (primary N) is 1. The summed E-state index contributed by atoms with van der Waals surface area (Å²) < 4.78 is 1.99. The Morgan fingerprint density at radius 2 is 2.17 bits per heavy atom. The molecule has 0 aliphatic carbocycles. The lowest BCUT2D eigenvalue weighted by Gasteiger charge is -2.14. The molecule has 2 aromatic heterocycles. The molecular weight excluding hydrogens is 246 g/mol. The van der Waals surface area contributed by atoms with Gasteiger partial charge in [0.05, 0.1) is 11.4 Å². The second-order valence-corrected chi connectivity index (χ2v) is 6.45. The summed E-state index contributed by atoms with van der Waals surface area (Å²) in [5.41, 5.74) is 8.36. The summed E-state index contributed by atoms with van der Waals surface area (Å²) >= 11 is 1.64. The second-order valence-electron chi connectivity index (χ2n) is 5.29. The van der Waals surface area contributed by atoms with E-state index in [4.69, 9.17) is 5.73 Å². The number of likely N-dealkylation sites (tertiary alicyclic amines) is 1. The zero-order valence-electron chi connectivity index (χ0n) is 11.1. The Kier molecular flexibility index (Phi) is 2.88.